The molecule has 0 saturated carbocycles. The highest BCUT2D eigenvalue weighted by Gasteiger charge is 2.15. The number of carbonyl (C=O) groups excluding carboxylic acids is 1. The maximum absolute atomic E-state index is 11.5. The van der Waals surface area contributed by atoms with Crippen molar-refractivity contribution in [2.75, 3.05) is 13.2 Å². The van der Waals surface area contributed by atoms with E-state index in [9.17, 15) is 4.79 Å². The number of hydrogen-bond donors (Lipinski definition) is 0. The predicted octanol–water partition coefficient (Wildman–Crippen LogP) is 2.97. The Morgan fingerprint density at radius 1 is 1.39 bits per heavy atom. The van der Waals surface area contributed by atoms with E-state index in [0.717, 1.165) is 19.4 Å². The molecule has 2 rings (SSSR count). The number of carbonyl (C=O) groups is 1. The molecular formula is C15H20O3. The highest BCUT2D eigenvalue weighted by atomic mass is 16.5. The Kier molecular flexibility index (Phi) is 4.76. The lowest BCUT2D eigenvalue weighted by molar-refractivity contribution is 0.0526. The van der Waals surface area contributed by atoms with Gasteiger partial charge in [-0.2, -0.15) is 0 Å². The molecule has 3 heteroatoms. The van der Waals surface area contributed by atoms with Crippen LogP contribution in [0.1, 0.15) is 42.1 Å². The van der Waals surface area contributed by atoms with Crippen molar-refractivity contribution >= 4 is 5.97 Å². The Labute approximate surface area is 108 Å². The van der Waals surface area contributed by atoms with E-state index >= 15 is 0 Å². The Bertz CT molecular complexity index is 377. The molecule has 1 aliphatic rings. The molecular weight excluding hydrogens is 228 g/mol. The lowest BCUT2D eigenvalue weighted by atomic mass is 10.0. The van der Waals surface area contributed by atoms with Crippen LogP contribution in [0.2, 0.25) is 0 Å². The van der Waals surface area contributed by atoms with Gasteiger partial charge in [-0.15, -0.1) is 0 Å². The summed E-state index contributed by atoms with van der Waals surface area (Å²) in [5.74, 6) is -0.247. The van der Waals surface area contributed by atoms with Gasteiger partial charge in [0.2, 0.25) is 0 Å². The summed E-state index contributed by atoms with van der Waals surface area (Å²) in [5.41, 5.74) is 1.87. The molecule has 0 N–H and O–H groups in total. The number of aryl methyl sites for hydroxylation is 1. The first kappa shape index (κ1) is 13.1. The summed E-state index contributed by atoms with van der Waals surface area (Å²) >= 11 is 0. The minimum Gasteiger partial charge on any atom is -0.462 e. The van der Waals surface area contributed by atoms with Gasteiger partial charge in [0.05, 0.1) is 18.3 Å². The Morgan fingerprint density at radius 2 is 2.17 bits per heavy atom. The smallest absolute Gasteiger partial charge is 0.338 e. The zero-order valence-corrected chi connectivity index (χ0v) is 10.9. The molecule has 1 atom stereocenters. The molecule has 0 aromatic heterocycles. The highest BCUT2D eigenvalue weighted by molar-refractivity contribution is 5.89. The molecule has 1 aromatic rings. The van der Waals surface area contributed by atoms with E-state index in [1.54, 1.807) is 0 Å². The summed E-state index contributed by atoms with van der Waals surface area (Å²) in [6, 6.07) is 7.67. The minimum atomic E-state index is -0.247. The molecule has 1 saturated heterocycles. The van der Waals surface area contributed by atoms with Gasteiger partial charge in [-0.25, -0.2) is 4.79 Å². The molecule has 1 aliphatic heterocycles. The van der Waals surface area contributed by atoms with Gasteiger partial charge >= 0.3 is 5.97 Å². The topological polar surface area (TPSA) is 35.5 Å². The molecule has 18 heavy (non-hydrogen) atoms. The van der Waals surface area contributed by atoms with Gasteiger partial charge in [-0.1, -0.05) is 12.1 Å². The van der Waals surface area contributed by atoms with E-state index < -0.39 is 0 Å². The zero-order chi connectivity index (χ0) is 12.8. The van der Waals surface area contributed by atoms with Crippen molar-refractivity contribution in [3.05, 3.63) is 35.4 Å². The fourth-order valence-corrected chi connectivity index (χ4v) is 2.22. The van der Waals surface area contributed by atoms with Crippen molar-refractivity contribution in [1.29, 1.82) is 0 Å². The second-order valence-corrected chi connectivity index (χ2v) is 4.59. The summed E-state index contributed by atoms with van der Waals surface area (Å²) in [4.78, 5) is 11.5. The van der Waals surface area contributed by atoms with E-state index in [2.05, 4.69) is 0 Å². The van der Waals surface area contributed by atoms with Crippen LogP contribution in [0.25, 0.3) is 0 Å². The fraction of sp³-hybridized carbons (Fsp3) is 0.533. The van der Waals surface area contributed by atoms with Gasteiger partial charge in [-0.3, -0.25) is 0 Å². The Balaban J connectivity index is 1.85. The maximum atomic E-state index is 11.5. The molecule has 1 aromatic carbocycles. The molecule has 0 bridgehead atoms. The van der Waals surface area contributed by atoms with E-state index in [1.165, 1.54) is 18.4 Å². The van der Waals surface area contributed by atoms with Gasteiger partial charge < -0.3 is 9.47 Å². The number of benzene rings is 1. The third-order valence-electron chi connectivity index (χ3n) is 3.24. The summed E-state index contributed by atoms with van der Waals surface area (Å²) in [7, 11) is 0. The van der Waals surface area contributed by atoms with Crippen LogP contribution in [-0.4, -0.2) is 25.3 Å². The average Bonchev–Trinajstić information content (AvgIpc) is 2.90. The monoisotopic (exact) mass is 248 g/mol. The van der Waals surface area contributed by atoms with Crippen molar-refractivity contribution in [3.63, 3.8) is 0 Å². The third-order valence-corrected chi connectivity index (χ3v) is 3.24. The van der Waals surface area contributed by atoms with Gasteiger partial charge in [0, 0.05) is 6.61 Å². The second-order valence-electron chi connectivity index (χ2n) is 4.59. The molecule has 3 nitrogen and oxygen atoms in total. The van der Waals surface area contributed by atoms with Crippen LogP contribution in [0.15, 0.2) is 24.3 Å². The molecule has 0 aliphatic carbocycles. The van der Waals surface area contributed by atoms with Crippen molar-refractivity contribution in [1.82, 2.24) is 0 Å². The van der Waals surface area contributed by atoms with Crippen molar-refractivity contribution in [2.24, 2.45) is 0 Å². The van der Waals surface area contributed by atoms with Gasteiger partial charge in [0.1, 0.15) is 0 Å². The van der Waals surface area contributed by atoms with Gasteiger partial charge in [0.15, 0.2) is 0 Å². The van der Waals surface area contributed by atoms with E-state index in [4.69, 9.17) is 9.47 Å². The minimum absolute atomic E-state index is 0.247. The third kappa shape index (κ3) is 3.57. The standard InChI is InChI=1S/C15H20O3/c1-2-17-15(16)13-8-5-12(6-9-13)7-10-14-4-3-11-18-14/h5-6,8-9,14H,2-4,7,10-11H2,1H3. The molecule has 98 valence electrons. The first-order chi connectivity index (χ1) is 8.79. The normalized spacial score (nSPS) is 18.8. The van der Waals surface area contributed by atoms with Crippen LogP contribution >= 0.6 is 0 Å². The zero-order valence-electron chi connectivity index (χ0n) is 10.9. The summed E-state index contributed by atoms with van der Waals surface area (Å²) < 4.78 is 10.5. The maximum Gasteiger partial charge on any atom is 0.338 e. The van der Waals surface area contributed by atoms with Crippen LogP contribution in [0.3, 0.4) is 0 Å². The lowest BCUT2D eigenvalue weighted by Crippen LogP contribution is -2.07. The summed E-state index contributed by atoms with van der Waals surface area (Å²) in [5, 5.41) is 0. The highest BCUT2D eigenvalue weighted by Crippen LogP contribution is 2.18. The first-order valence-corrected chi connectivity index (χ1v) is 6.67. The molecule has 1 unspecified atom stereocenters. The van der Waals surface area contributed by atoms with Crippen molar-refractivity contribution in [2.45, 2.75) is 38.7 Å². The number of esters is 1. The molecule has 1 fully saturated rings. The predicted molar refractivity (Wildman–Crippen MR) is 69.7 cm³/mol. The van der Waals surface area contributed by atoms with Gasteiger partial charge in [0.25, 0.3) is 0 Å². The largest absolute Gasteiger partial charge is 0.462 e. The quantitative estimate of drug-likeness (QED) is 0.751. The SMILES string of the molecule is CCOC(=O)c1ccc(CCC2CCCO2)cc1. The number of ether oxygens (including phenoxy) is 2. The molecule has 0 radical (unpaired) electrons. The van der Waals surface area contributed by atoms with Crippen LogP contribution in [-0.2, 0) is 15.9 Å². The Morgan fingerprint density at radius 3 is 2.78 bits per heavy atom. The van der Waals surface area contributed by atoms with Gasteiger partial charge in [-0.05, 0) is 50.3 Å². The van der Waals surface area contributed by atoms with Crippen LogP contribution in [0.4, 0.5) is 0 Å². The van der Waals surface area contributed by atoms with E-state index in [0.29, 0.717) is 18.3 Å². The lowest BCUT2D eigenvalue weighted by Gasteiger charge is -2.09. The van der Waals surface area contributed by atoms with Crippen molar-refractivity contribution < 1.29 is 14.3 Å². The van der Waals surface area contributed by atoms with Crippen LogP contribution < -0.4 is 0 Å². The number of rotatable bonds is 5. The van der Waals surface area contributed by atoms with Crippen molar-refractivity contribution in [3.8, 4) is 0 Å². The number of hydrogen-bond acceptors (Lipinski definition) is 3. The average molecular weight is 248 g/mol. The molecule has 0 spiro atoms. The first-order valence-electron chi connectivity index (χ1n) is 6.67. The fourth-order valence-electron chi connectivity index (χ4n) is 2.22. The Hall–Kier alpha value is -1.35. The summed E-state index contributed by atoms with van der Waals surface area (Å²) in [6.45, 7) is 3.14. The second kappa shape index (κ2) is 6.55. The molecule has 0 amide bonds. The van der Waals surface area contributed by atoms with Crippen LogP contribution in [0, 0.1) is 0 Å². The van der Waals surface area contributed by atoms with E-state index in [1.807, 2.05) is 31.2 Å². The summed E-state index contributed by atoms with van der Waals surface area (Å²) in [6.07, 6.45) is 4.87. The van der Waals surface area contributed by atoms with E-state index in [-0.39, 0.29) is 5.97 Å². The molecule has 1 heterocycles. The van der Waals surface area contributed by atoms with Crippen LogP contribution in [0.5, 0.6) is 0 Å².